The van der Waals surface area contributed by atoms with Crippen molar-refractivity contribution < 1.29 is 18.4 Å². The Labute approximate surface area is 153 Å². The van der Waals surface area contributed by atoms with Gasteiger partial charge in [-0.15, -0.1) is 10.2 Å². The van der Waals surface area contributed by atoms with E-state index >= 15 is 0 Å². The van der Waals surface area contributed by atoms with E-state index in [0.29, 0.717) is 17.1 Å². The van der Waals surface area contributed by atoms with E-state index in [1.165, 1.54) is 23.4 Å². The number of aromatic nitrogens is 2. The molecule has 4 rings (SSSR count). The standard InChI is InChI=1S/C19H15FN4O3/c20-15-6-1-2-7-16(15)24-10-13(9-17(24)25)18(26)22-14-5-3-4-12(8-14)19-23-21-11-27-19/h1-8,11,13H,9-10H2,(H,22,26). The van der Waals surface area contributed by atoms with Crippen LogP contribution in [-0.4, -0.2) is 28.6 Å². The average Bonchev–Trinajstić information content (AvgIpc) is 3.32. The zero-order chi connectivity index (χ0) is 18.8. The third-order valence-electron chi connectivity index (χ3n) is 4.38. The van der Waals surface area contributed by atoms with Gasteiger partial charge in [0.2, 0.25) is 24.1 Å². The number of halogens is 1. The summed E-state index contributed by atoms with van der Waals surface area (Å²) in [4.78, 5) is 26.2. The number of nitrogens with one attached hydrogen (secondary N) is 1. The maximum Gasteiger partial charge on any atom is 0.247 e. The Hall–Kier alpha value is -3.55. The Morgan fingerprint density at radius 1 is 1.22 bits per heavy atom. The number of amides is 2. The first kappa shape index (κ1) is 16.9. The Morgan fingerprint density at radius 2 is 2.07 bits per heavy atom. The molecule has 2 amide bonds. The lowest BCUT2D eigenvalue weighted by atomic mass is 10.1. The van der Waals surface area contributed by atoms with Crippen molar-refractivity contribution in [3.05, 3.63) is 60.7 Å². The first-order chi connectivity index (χ1) is 13.1. The summed E-state index contributed by atoms with van der Waals surface area (Å²) < 4.78 is 19.1. The molecule has 1 fully saturated rings. The molecule has 0 spiro atoms. The maximum atomic E-state index is 14.0. The van der Waals surface area contributed by atoms with E-state index in [1.54, 1.807) is 36.4 Å². The molecule has 1 aliphatic rings. The van der Waals surface area contributed by atoms with Gasteiger partial charge in [-0.2, -0.15) is 0 Å². The zero-order valence-electron chi connectivity index (χ0n) is 14.1. The van der Waals surface area contributed by atoms with Crippen LogP contribution in [0.3, 0.4) is 0 Å². The number of para-hydroxylation sites is 1. The molecule has 1 saturated heterocycles. The zero-order valence-corrected chi connectivity index (χ0v) is 14.1. The Kier molecular flexibility index (Phi) is 4.37. The first-order valence-corrected chi connectivity index (χ1v) is 8.34. The summed E-state index contributed by atoms with van der Waals surface area (Å²) in [6, 6.07) is 13.0. The van der Waals surface area contributed by atoms with Gasteiger partial charge >= 0.3 is 0 Å². The van der Waals surface area contributed by atoms with Crippen molar-refractivity contribution in [2.45, 2.75) is 6.42 Å². The summed E-state index contributed by atoms with van der Waals surface area (Å²) in [6.07, 6.45) is 1.26. The van der Waals surface area contributed by atoms with Crippen molar-refractivity contribution in [2.24, 2.45) is 5.92 Å². The number of anilines is 2. The summed E-state index contributed by atoms with van der Waals surface area (Å²) in [6.45, 7) is 0.134. The molecule has 1 aromatic heterocycles. The van der Waals surface area contributed by atoms with E-state index in [-0.39, 0.29) is 30.5 Å². The van der Waals surface area contributed by atoms with Crippen LogP contribution in [0.1, 0.15) is 6.42 Å². The van der Waals surface area contributed by atoms with Gasteiger partial charge in [0, 0.05) is 24.2 Å². The number of carbonyl (C=O) groups is 2. The van der Waals surface area contributed by atoms with Gasteiger partial charge < -0.3 is 14.6 Å². The van der Waals surface area contributed by atoms with Crippen molar-refractivity contribution in [3.8, 4) is 11.5 Å². The molecule has 0 saturated carbocycles. The van der Waals surface area contributed by atoms with Crippen LogP contribution >= 0.6 is 0 Å². The van der Waals surface area contributed by atoms with Crippen LogP contribution in [0.15, 0.2) is 59.3 Å². The van der Waals surface area contributed by atoms with Crippen LogP contribution in [0.4, 0.5) is 15.8 Å². The summed E-state index contributed by atoms with van der Waals surface area (Å²) in [5.41, 5.74) is 1.41. The second-order valence-corrected chi connectivity index (χ2v) is 6.17. The SMILES string of the molecule is O=C(Nc1cccc(-c2nnco2)c1)C1CC(=O)N(c2ccccc2F)C1. The van der Waals surface area contributed by atoms with Gasteiger partial charge in [-0.25, -0.2) is 4.39 Å². The molecular weight excluding hydrogens is 351 g/mol. The highest BCUT2D eigenvalue weighted by Gasteiger charge is 2.36. The Balaban J connectivity index is 1.47. The normalized spacial score (nSPS) is 16.6. The van der Waals surface area contributed by atoms with E-state index in [4.69, 9.17) is 4.42 Å². The summed E-state index contributed by atoms with van der Waals surface area (Å²) >= 11 is 0. The highest BCUT2D eigenvalue weighted by molar-refractivity contribution is 6.03. The molecule has 1 N–H and O–H groups in total. The van der Waals surface area contributed by atoms with Gasteiger partial charge in [0.05, 0.1) is 11.6 Å². The second-order valence-electron chi connectivity index (χ2n) is 6.17. The minimum atomic E-state index is -0.566. The number of rotatable bonds is 4. The highest BCUT2D eigenvalue weighted by atomic mass is 19.1. The van der Waals surface area contributed by atoms with Gasteiger partial charge in [-0.05, 0) is 30.3 Å². The largest absolute Gasteiger partial charge is 0.423 e. The van der Waals surface area contributed by atoms with E-state index in [1.807, 2.05) is 0 Å². The van der Waals surface area contributed by atoms with Gasteiger partial charge in [-0.3, -0.25) is 9.59 Å². The van der Waals surface area contributed by atoms with E-state index < -0.39 is 11.7 Å². The molecule has 2 heterocycles. The molecular formula is C19H15FN4O3. The lowest BCUT2D eigenvalue weighted by Gasteiger charge is -2.17. The third-order valence-corrected chi connectivity index (χ3v) is 4.38. The maximum absolute atomic E-state index is 14.0. The van der Waals surface area contributed by atoms with Crippen molar-refractivity contribution in [1.29, 1.82) is 0 Å². The Bertz CT molecular complexity index is 990. The lowest BCUT2D eigenvalue weighted by Crippen LogP contribution is -2.28. The van der Waals surface area contributed by atoms with Crippen LogP contribution in [0.2, 0.25) is 0 Å². The lowest BCUT2D eigenvalue weighted by molar-refractivity contribution is -0.122. The molecule has 8 heteroatoms. The summed E-state index contributed by atoms with van der Waals surface area (Å²) in [5, 5.41) is 10.2. The summed E-state index contributed by atoms with van der Waals surface area (Å²) in [7, 11) is 0. The second kappa shape index (κ2) is 6.99. The fraction of sp³-hybridized carbons (Fsp3) is 0.158. The van der Waals surface area contributed by atoms with Crippen LogP contribution < -0.4 is 10.2 Å². The van der Waals surface area contributed by atoms with Gasteiger partial charge in [0.15, 0.2) is 0 Å². The monoisotopic (exact) mass is 366 g/mol. The van der Waals surface area contributed by atoms with Crippen LogP contribution in [0.5, 0.6) is 0 Å². The minimum Gasteiger partial charge on any atom is -0.423 e. The molecule has 1 atom stereocenters. The van der Waals surface area contributed by atoms with E-state index in [9.17, 15) is 14.0 Å². The number of hydrogen-bond acceptors (Lipinski definition) is 5. The summed E-state index contributed by atoms with van der Waals surface area (Å²) in [5.74, 6) is -1.29. The van der Waals surface area contributed by atoms with Crippen molar-refractivity contribution in [3.63, 3.8) is 0 Å². The predicted molar refractivity (Wildman–Crippen MR) is 95.2 cm³/mol. The molecule has 1 aliphatic heterocycles. The molecule has 0 bridgehead atoms. The third kappa shape index (κ3) is 3.41. The van der Waals surface area contributed by atoms with E-state index in [2.05, 4.69) is 15.5 Å². The van der Waals surface area contributed by atoms with Gasteiger partial charge in [-0.1, -0.05) is 18.2 Å². The molecule has 0 aliphatic carbocycles. The predicted octanol–water partition coefficient (Wildman–Crippen LogP) is 2.87. The molecule has 27 heavy (non-hydrogen) atoms. The van der Waals surface area contributed by atoms with Crippen molar-refractivity contribution in [1.82, 2.24) is 10.2 Å². The smallest absolute Gasteiger partial charge is 0.247 e. The van der Waals surface area contributed by atoms with Crippen LogP contribution in [0, 0.1) is 11.7 Å². The number of nitrogens with zero attached hydrogens (tertiary/aromatic N) is 3. The molecule has 1 unspecified atom stereocenters. The molecule has 2 aromatic carbocycles. The van der Waals surface area contributed by atoms with Gasteiger partial charge in [0.1, 0.15) is 5.82 Å². The topological polar surface area (TPSA) is 88.3 Å². The van der Waals surface area contributed by atoms with E-state index in [0.717, 1.165) is 0 Å². The average molecular weight is 366 g/mol. The quantitative estimate of drug-likeness (QED) is 0.767. The number of hydrogen-bond donors (Lipinski definition) is 1. The molecule has 0 radical (unpaired) electrons. The van der Waals surface area contributed by atoms with Crippen LogP contribution in [0.25, 0.3) is 11.5 Å². The number of benzene rings is 2. The highest BCUT2D eigenvalue weighted by Crippen LogP contribution is 2.28. The minimum absolute atomic E-state index is 0.0313. The molecule has 136 valence electrons. The fourth-order valence-electron chi connectivity index (χ4n) is 3.06. The van der Waals surface area contributed by atoms with Crippen LogP contribution in [-0.2, 0) is 9.59 Å². The Morgan fingerprint density at radius 3 is 2.85 bits per heavy atom. The number of carbonyl (C=O) groups excluding carboxylic acids is 2. The first-order valence-electron chi connectivity index (χ1n) is 8.34. The van der Waals surface area contributed by atoms with Crippen molar-refractivity contribution >= 4 is 23.2 Å². The van der Waals surface area contributed by atoms with Gasteiger partial charge in [0.25, 0.3) is 0 Å². The molecule has 7 nitrogen and oxygen atoms in total. The fourth-order valence-corrected chi connectivity index (χ4v) is 3.06. The molecule has 3 aromatic rings. The van der Waals surface area contributed by atoms with Crippen molar-refractivity contribution in [2.75, 3.05) is 16.8 Å².